The summed E-state index contributed by atoms with van der Waals surface area (Å²) in [4.78, 5) is 25.6. The van der Waals surface area contributed by atoms with Gasteiger partial charge in [0.05, 0.1) is 5.75 Å². The van der Waals surface area contributed by atoms with E-state index in [9.17, 15) is 9.59 Å². The van der Waals surface area contributed by atoms with Gasteiger partial charge in [-0.1, -0.05) is 17.8 Å². The van der Waals surface area contributed by atoms with E-state index in [4.69, 9.17) is 0 Å². The molecule has 2 rings (SSSR count). The van der Waals surface area contributed by atoms with Crippen LogP contribution in [0.15, 0.2) is 35.7 Å². The fourth-order valence-corrected chi connectivity index (χ4v) is 2.85. The highest BCUT2D eigenvalue weighted by Crippen LogP contribution is 2.19. The Morgan fingerprint density at radius 3 is 2.75 bits per heavy atom. The number of benzene rings is 1. The van der Waals surface area contributed by atoms with Crippen molar-refractivity contribution in [2.45, 2.75) is 25.0 Å². The number of anilines is 1. The van der Waals surface area contributed by atoms with E-state index in [1.807, 2.05) is 18.4 Å². The Hall–Kier alpha value is -2.35. The van der Waals surface area contributed by atoms with E-state index in [0.29, 0.717) is 16.4 Å². The summed E-state index contributed by atoms with van der Waals surface area (Å²) in [5.74, 6) is -0.0460. The first-order valence-corrected chi connectivity index (χ1v) is 8.51. The molecule has 0 aliphatic carbocycles. The van der Waals surface area contributed by atoms with E-state index in [1.165, 1.54) is 16.7 Å². The van der Waals surface area contributed by atoms with Gasteiger partial charge in [0.1, 0.15) is 6.33 Å². The summed E-state index contributed by atoms with van der Waals surface area (Å²) in [6, 6.07) is 7.12. The average Bonchev–Trinajstić information content (AvgIpc) is 3.01. The predicted octanol–water partition coefficient (Wildman–Crippen LogP) is 2.29. The minimum absolute atomic E-state index is 0.106. The van der Waals surface area contributed by atoms with Crippen molar-refractivity contribution in [2.24, 2.45) is 0 Å². The topological polar surface area (TPSA) is 80.1 Å². The van der Waals surface area contributed by atoms with Crippen molar-refractivity contribution in [3.8, 4) is 0 Å². The standard InChI is InChI=1S/C16H21N5O2S/c1-11(2)21-10-17-19-16(21)24-9-14(22)18-13-7-5-6-12(8-13)15(23)20(3)4/h5-8,10-11H,9H2,1-4H3,(H,18,22). The molecule has 0 aliphatic heterocycles. The zero-order valence-corrected chi connectivity index (χ0v) is 15.0. The maximum atomic E-state index is 12.1. The number of amides is 2. The lowest BCUT2D eigenvalue weighted by molar-refractivity contribution is -0.113. The molecule has 2 aromatic rings. The van der Waals surface area contributed by atoms with Crippen molar-refractivity contribution in [2.75, 3.05) is 25.2 Å². The summed E-state index contributed by atoms with van der Waals surface area (Å²) < 4.78 is 1.91. The Morgan fingerprint density at radius 1 is 1.33 bits per heavy atom. The lowest BCUT2D eigenvalue weighted by atomic mass is 10.2. The number of carbonyl (C=O) groups excluding carboxylic acids is 2. The van der Waals surface area contributed by atoms with E-state index in [1.54, 1.807) is 44.7 Å². The second-order valence-electron chi connectivity index (χ2n) is 5.73. The highest BCUT2D eigenvalue weighted by atomic mass is 32.2. The molecule has 24 heavy (non-hydrogen) atoms. The highest BCUT2D eigenvalue weighted by molar-refractivity contribution is 7.99. The van der Waals surface area contributed by atoms with Crippen molar-refractivity contribution in [1.29, 1.82) is 0 Å². The fraction of sp³-hybridized carbons (Fsp3) is 0.375. The minimum Gasteiger partial charge on any atom is -0.345 e. The molecule has 0 aliphatic rings. The van der Waals surface area contributed by atoms with Gasteiger partial charge in [-0.25, -0.2) is 0 Å². The van der Waals surface area contributed by atoms with E-state index < -0.39 is 0 Å². The molecule has 0 fully saturated rings. The number of nitrogens with zero attached hydrogens (tertiary/aromatic N) is 4. The zero-order chi connectivity index (χ0) is 17.7. The molecule has 1 heterocycles. The number of aromatic nitrogens is 3. The Balaban J connectivity index is 1.96. The average molecular weight is 347 g/mol. The lowest BCUT2D eigenvalue weighted by Gasteiger charge is -2.12. The van der Waals surface area contributed by atoms with Gasteiger partial charge in [-0.15, -0.1) is 10.2 Å². The van der Waals surface area contributed by atoms with Crippen LogP contribution in [0.2, 0.25) is 0 Å². The second kappa shape index (κ2) is 7.96. The molecular weight excluding hydrogens is 326 g/mol. The number of thioether (sulfide) groups is 1. The summed E-state index contributed by atoms with van der Waals surface area (Å²) in [5, 5.41) is 11.4. The zero-order valence-electron chi connectivity index (χ0n) is 14.2. The molecule has 0 saturated heterocycles. The molecule has 0 unspecified atom stereocenters. The van der Waals surface area contributed by atoms with Gasteiger partial charge in [0.15, 0.2) is 5.16 Å². The number of hydrogen-bond acceptors (Lipinski definition) is 5. The van der Waals surface area contributed by atoms with Crippen LogP contribution in [0.4, 0.5) is 5.69 Å². The molecule has 0 atom stereocenters. The van der Waals surface area contributed by atoms with Crippen LogP contribution in [-0.2, 0) is 4.79 Å². The summed E-state index contributed by atoms with van der Waals surface area (Å²) in [6.07, 6.45) is 1.65. The molecule has 0 spiro atoms. The molecule has 7 nitrogen and oxygen atoms in total. The minimum atomic E-state index is -0.159. The summed E-state index contributed by atoms with van der Waals surface area (Å²) >= 11 is 1.33. The Morgan fingerprint density at radius 2 is 2.08 bits per heavy atom. The molecule has 128 valence electrons. The Kier molecular flexibility index (Phi) is 5.97. The van der Waals surface area contributed by atoms with Gasteiger partial charge in [0.25, 0.3) is 5.91 Å². The van der Waals surface area contributed by atoms with Crippen molar-refractivity contribution in [3.05, 3.63) is 36.2 Å². The number of rotatable bonds is 6. The van der Waals surface area contributed by atoms with Crippen LogP contribution < -0.4 is 5.32 Å². The van der Waals surface area contributed by atoms with Crippen LogP contribution in [0.25, 0.3) is 0 Å². The van der Waals surface area contributed by atoms with Crippen LogP contribution in [0.5, 0.6) is 0 Å². The number of hydrogen-bond donors (Lipinski definition) is 1. The van der Waals surface area contributed by atoms with Crippen LogP contribution in [0.3, 0.4) is 0 Å². The summed E-state index contributed by atoms with van der Waals surface area (Å²) in [5.41, 5.74) is 1.13. The number of carbonyl (C=O) groups is 2. The molecule has 0 saturated carbocycles. The first-order chi connectivity index (χ1) is 11.4. The van der Waals surface area contributed by atoms with Gasteiger partial charge in [0, 0.05) is 31.4 Å². The molecule has 1 aromatic heterocycles. The van der Waals surface area contributed by atoms with Crippen LogP contribution in [0.1, 0.15) is 30.2 Å². The Labute approximate surface area is 145 Å². The smallest absolute Gasteiger partial charge is 0.253 e. The quantitative estimate of drug-likeness (QED) is 0.811. The third-order valence-electron chi connectivity index (χ3n) is 3.23. The lowest BCUT2D eigenvalue weighted by Crippen LogP contribution is -2.22. The van der Waals surface area contributed by atoms with Crippen LogP contribution >= 0.6 is 11.8 Å². The monoisotopic (exact) mass is 347 g/mol. The number of nitrogens with one attached hydrogen (secondary N) is 1. The maximum absolute atomic E-state index is 12.1. The van der Waals surface area contributed by atoms with Crippen molar-refractivity contribution in [3.63, 3.8) is 0 Å². The van der Waals surface area contributed by atoms with Gasteiger partial charge >= 0.3 is 0 Å². The van der Waals surface area contributed by atoms with E-state index >= 15 is 0 Å². The molecule has 2 amide bonds. The van der Waals surface area contributed by atoms with Crippen molar-refractivity contribution >= 4 is 29.3 Å². The second-order valence-corrected chi connectivity index (χ2v) is 6.67. The molecule has 1 N–H and O–H groups in total. The van der Waals surface area contributed by atoms with Gasteiger partial charge in [-0.3, -0.25) is 9.59 Å². The van der Waals surface area contributed by atoms with Crippen molar-refractivity contribution < 1.29 is 9.59 Å². The van der Waals surface area contributed by atoms with Crippen molar-refractivity contribution in [1.82, 2.24) is 19.7 Å². The SMILES string of the molecule is CC(C)n1cnnc1SCC(=O)Nc1cccc(C(=O)N(C)C)c1. The normalized spacial score (nSPS) is 10.7. The third kappa shape index (κ3) is 4.58. The molecule has 0 bridgehead atoms. The first-order valence-electron chi connectivity index (χ1n) is 7.52. The maximum Gasteiger partial charge on any atom is 0.253 e. The van der Waals surface area contributed by atoms with E-state index in [-0.39, 0.29) is 23.6 Å². The Bertz CT molecular complexity index is 727. The molecular formula is C16H21N5O2S. The highest BCUT2D eigenvalue weighted by Gasteiger charge is 2.12. The van der Waals surface area contributed by atoms with Gasteiger partial charge in [0.2, 0.25) is 5.91 Å². The van der Waals surface area contributed by atoms with Gasteiger partial charge in [-0.2, -0.15) is 0 Å². The van der Waals surface area contributed by atoms with Gasteiger partial charge < -0.3 is 14.8 Å². The summed E-state index contributed by atoms with van der Waals surface area (Å²) in [7, 11) is 3.38. The predicted molar refractivity (Wildman–Crippen MR) is 94.2 cm³/mol. The van der Waals surface area contributed by atoms with Crippen LogP contribution in [0, 0.1) is 0 Å². The summed E-state index contributed by atoms with van der Waals surface area (Å²) in [6.45, 7) is 4.06. The molecule has 0 radical (unpaired) electrons. The molecule has 8 heteroatoms. The largest absolute Gasteiger partial charge is 0.345 e. The van der Waals surface area contributed by atoms with E-state index in [2.05, 4.69) is 15.5 Å². The van der Waals surface area contributed by atoms with Gasteiger partial charge in [-0.05, 0) is 32.0 Å². The molecule has 1 aromatic carbocycles. The third-order valence-corrected chi connectivity index (χ3v) is 4.19. The fourth-order valence-electron chi connectivity index (χ4n) is 2.00. The first kappa shape index (κ1) is 18.0. The van der Waals surface area contributed by atoms with E-state index in [0.717, 1.165) is 0 Å². The van der Waals surface area contributed by atoms with Crippen LogP contribution in [-0.4, -0.2) is 51.3 Å².